The number of primary amides is 1. The van der Waals surface area contributed by atoms with Crippen LogP contribution in [-0.2, 0) is 27.3 Å². The number of aliphatic hydroxyl groups excluding tert-OH is 2. The van der Waals surface area contributed by atoms with Gasteiger partial charge < -0.3 is 35.9 Å². The van der Waals surface area contributed by atoms with Crippen molar-refractivity contribution in [3.05, 3.63) is 58.1 Å². The van der Waals surface area contributed by atoms with Crippen LogP contribution < -0.4 is 11.1 Å². The van der Waals surface area contributed by atoms with Crippen LogP contribution in [0.2, 0.25) is 0 Å². The Bertz CT molecular complexity index is 1530. The van der Waals surface area contributed by atoms with Gasteiger partial charge in [-0.2, -0.15) is 0 Å². The number of fused-ring (bicyclic) bond motifs is 3. The number of hydrogen-bond acceptors (Lipinski definition) is 10. The van der Waals surface area contributed by atoms with Crippen LogP contribution in [-0.4, -0.2) is 74.6 Å². The molecule has 7 N–H and O–H groups in total. The van der Waals surface area contributed by atoms with Gasteiger partial charge in [-0.25, -0.2) is 0 Å². The molecule has 2 fully saturated rings. The number of ketones is 2. The fourth-order valence-electron chi connectivity index (χ4n) is 6.62. The Morgan fingerprint density at radius 1 is 1.15 bits per heavy atom. The van der Waals surface area contributed by atoms with Gasteiger partial charge in [0.2, 0.25) is 5.78 Å². The number of nitrogens with two attached hydrogens (primary N) is 1. The van der Waals surface area contributed by atoms with Crippen molar-refractivity contribution in [2.24, 2.45) is 17.6 Å². The lowest BCUT2D eigenvalue weighted by Crippen LogP contribution is -2.65. The lowest BCUT2D eigenvalue weighted by molar-refractivity contribution is -0.153. The summed E-state index contributed by atoms with van der Waals surface area (Å²) in [6.07, 6.45) is 2.49. The molecule has 1 aromatic heterocycles. The molecule has 6 rings (SSSR count). The molecule has 2 saturated carbocycles. The van der Waals surface area contributed by atoms with Gasteiger partial charge in [0, 0.05) is 23.1 Å². The number of carbonyl (C=O) groups excluding carboxylic acids is 3. The van der Waals surface area contributed by atoms with E-state index in [1.54, 1.807) is 20.2 Å². The summed E-state index contributed by atoms with van der Waals surface area (Å²) in [5, 5.41) is 48.2. The number of aliphatic hydroxyl groups is 3. The number of likely N-dealkylation sites (N-methyl/N-ethyl adjacent to an activating group) is 1. The first-order valence-corrected chi connectivity index (χ1v) is 13.3. The average molecular weight is 550 g/mol. The van der Waals surface area contributed by atoms with Crippen LogP contribution in [0.5, 0.6) is 5.75 Å². The molecule has 40 heavy (non-hydrogen) atoms. The largest absolute Gasteiger partial charge is 0.508 e. The molecule has 1 unspecified atom stereocenters. The van der Waals surface area contributed by atoms with E-state index >= 15 is 0 Å². The van der Waals surface area contributed by atoms with Crippen molar-refractivity contribution in [1.82, 2.24) is 10.2 Å². The Morgan fingerprint density at radius 3 is 2.52 bits per heavy atom. The van der Waals surface area contributed by atoms with E-state index in [1.165, 1.54) is 11.0 Å². The second-order valence-electron chi connectivity index (χ2n) is 11.4. The molecular weight excluding hydrogens is 518 g/mol. The van der Waals surface area contributed by atoms with Gasteiger partial charge in [-0.15, -0.1) is 0 Å². The smallest absolute Gasteiger partial charge is 0.255 e. The number of carbonyl (C=O) groups is 3. The van der Waals surface area contributed by atoms with Crippen molar-refractivity contribution in [2.75, 3.05) is 14.1 Å². The molecule has 1 heterocycles. The molecule has 1 aromatic carbocycles. The maximum Gasteiger partial charge on any atom is 0.255 e. The molecule has 0 saturated heterocycles. The predicted molar refractivity (Wildman–Crippen MR) is 142 cm³/mol. The van der Waals surface area contributed by atoms with Gasteiger partial charge in [0.1, 0.15) is 34.4 Å². The highest BCUT2D eigenvalue weighted by Crippen LogP contribution is 2.53. The summed E-state index contributed by atoms with van der Waals surface area (Å²) in [7, 11) is 3.13. The average Bonchev–Trinajstić information content (AvgIpc) is 3.60. The molecule has 11 heteroatoms. The summed E-state index contributed by atoms with van der Waals surface area (Å²) < 4.78 is 6.08. The first kappa shape index (κ1) is 26.3. The van der Waals surface area contributed by atoms with Gasteiger partial charge in [-0.1, -0.05) is 0 Å². The molecule has 11 nitrogen and oxygen atoms in total. The summed E-state index contributed by atoms with van der Waals surface area (Å²) in [5.74, 6) is -5.52. The van der Waals surface area contributed by atoms with Gasteiger partial charge in [0.05, 0.1) is 18.2 Å². The van der Waals surface area contributed by atoms with Crippen LogP contribution in [0.1, 0.15) is 36.1 Å². The lowest BCUT2D eigenvalue weighted by Gasteiger charge is -2.50. The molecule has 210 valence electrons. The quantitative estimate of drug-likeness (QED) is 0.288. The fraction of sp³-hybridized carbons (Fsp3) is 0.414. The first-order valence-electron chi connectivity index (χ1n) is 13.3. The highest BCUT2D eigenvalue weighted by atomic mass is 16.4. The molecule has 2 aromatic rings. The zero-order valence-corrected chi connectivity index (χ0v) is 22.1. The van der Waals surface area contributed by atoms with Crippen molar-refractivity contribution in [2.45, 2.75) is 49.9 Å². The Kier molecular flexibility index (Phi) is 5.95. The monoisotopic (exact) mass is 549 g/mol. The van der Waals surface area contributed by atoms with Gasteiger partial charge in [-0.05, 0) is 75.5 Å². The maximum atomic E-state index is 13.9. The van der Waals surface area contributed by atoms with Crippen LogP contribution in [0.4, 0.5) is 0 Å². The third-order valence-corrected chi connectivity index (χ3v) is 8.67. The standard InChI is InChI=1S/C29H31N3O8/c1-32(2)23-17-10-12-9-16-15(19-8-5-14(40-19)11-31-13-3-4-13)6-7-18(33)21(16)24(34)20(12)26(36)29(17,39)27(37)22(25(23)35)28(30)38/h5-8,12-13,17,23,31,33-34,37,39H,3-4,9-11H2,1-2H3,(H2,30,38)/t12-,17-,23?,29-/m0/s1. The molecule has 1 amide bonds. The van der Waals surface area contributed by atoms with Crippen LogP contribution in [0.15, 0.2) is 45.6 Å². The molecule has 0 radical (unpaired) electrons. The summed E-state index contributed by atoms with van der Waals surface area (Å²) in [5.41, 5.74) is 2.89. The second-order valence-corrected chi connectivity index (χ2v) is 11.4. The normalized spacial score (nSPS) is 28.1. The molecule has 4 aliphatic carbocycles. The number of furan rings is 1. The van der Waals surface area contributed by atoms with Crippen LogP contribution >= 0.6 is 0 Å². The molecule has 0 aliphatic heterocycles. The zero-order valence-electron chi connectivity index (χ0n) is 22.1. The molecule has 0 bridgehead atoms. The number of hydrogen-bond donors (Lipinski definition) is 6. The highest BCUT2D eigenvalue weighted by Gasteiger charge is 2.64. The Morgan fingerprint density at radius 2 is 1.88 bits per heavy atom. The number of rotatable bonds is 6. The summed E-state index contributed by atoms with van der Waals surface area (Å²) in [6, 6.07) is 6.12. The van der Waals surface area contributed by atoms with E-state index in [0.717, 1.165) is 18.6 Å². The number of benzene rings is 1. The third kappa shape index (κ3) is 3.72. The number of phenolic OH excluding ortho intramolecular Hbond substituents is 1. The van der Waals surface area contributed by atoms with E-state index in [4.69, 9.17) is 10.2 Å². The lowest BCUT2D eigenvalue weighted by atomic mass is 9.57. The third-order valence-electron chi connectivity index (χ3n) is 8.67. The van der Waals surface area contributed by atoms with Gasteiger partial charge in [-0.3, -0.25) is 19.3 Å². The van der Waals surface area contributed by atoms with Crippen molar-refractivity contribution < 1.29 is 39.2 Å². The Labute approximate surface area is 229 Å². The van der Waals surface area contributed by atoms with E-state index < -0.39 is 58.0 Å². The first-order chi connectivity index (χ1) is 18.9. The van der Waals surface area contributed by atoms with Crippen LogP contribution in [0, 0.1) is 11.8 Å². The predicted octanol–water partition coefficient (Wildman–Crippen LogP) is 1.48. The Hall–Kier alpha value is -3.93. The van der Waals surface area contributed by atoms with E-state index in [9.17, 15) is 34.8 Å². The fourth-order valence-corrected chi connectivity index (χ4v) is 6.62. The van der Waals surface area contributed by atoms with E-state index in [2.05, 4.69) is 5.32 Å². The topological polar surface area (TPSA) is 187 Å². The number of aromatic hydroxyl groups is 1. The minimum Gasteiger partial charge on any atom is -0.508 e. The highest BCUT2D eigenvalue weighted by molar-refractivity contribution is 6.24. The van der Waals surface area contributed by atoms with Crippen molar-refractivity contribution >= 4 is 23.2 Å². The summed E-state index contributed by atoms with van der Waals surface area (Å²) in [4.78, 5) is 40.8. The number of nitrogens with zero attached hydrogens (tertiary/aromatic N) is 1. The molecule has 4 aliphatic rings. The van der Waals surface area contributed by atoms with E-state index in [1.807, 2.05) is 12.1 Å². The number of Topliss-reactive ketones (excluding diaryl/α,β-unsaturated/α-hetero) is 2. The Balaban J connectivity index is 1.47. The number of phenols is 1. The maximum absolute atomic E-state index is 13.9. The molecular formula is C29H31N3O8. The SMILES string of the molecule is CN(C)C1C(=O)C(C(N)=O)=C(O)[C@@]2(O)C(=O)C3=C(O)c4c(O)ccc(-c5ccc(CNC6CC6)o5)c4C[C@H]3C[C@@H]12. The summed E-state index contributed by atoms with van der Waals surface area (Å²) >= 11 is 0. The number of nitrogens with one attached hydrogen (secondary N) is 1. The minimum atomic E-state index is -2.66. The minimum absolute atomic E-state index is 0.0234. The van der Waals surface area contributed by atoms with Gasteiger partial charge in [0.25, 0.3) is 5.91 Å². The van der Waals surface area contributed by atoms with E-state index in [-0.39, 0.29) is 29.7 Å². The van der Waals surface area contributed by atoms with Crippen molar-refractivity contribution in [3.8, 4) is 17.1 Å². The summed E-state index contributed by atoms with van der Waals surface area (Å²) in [6.45, 7) is 0.571. The second kappa shape index (κ2) is 9.05. The van der Waals surface area contributed by atoms with Gasteiger partial charge >= 0.3 is 0 Å². The van der Waals surface area contributed by atoms with Gasteiger partial charge in [0.15, 0.2) is 11.4 Å². The van der Waals surface area contributed by atoms with Crippen molar-refractivity contribution in [3.63, 3.8) is 0 Å². The molecule has 4 atom stereocenters. The number of amides is 1. The van der Waals surface area contributed by atoms with E-state index in [0.29, 0.717) is 29.5 Å². The van der Waals surface area contributed by atoms with Crippen LogP contribution in [0.3, 0.4) is 0 Å². The molecule has 0 spiro atoms. The zero-order chi connectivity index (χ0) is 28.7. The van der Waals surface area contributed by atoms with Crippen LogP contribution in [0.25, 0.3) is 17.1 Å². The van der Waals surface area contributed by atoms with Crippen molar-refractivity contribution in [1.29, 1.82) is 0 Å².